The summed E-state index contributed by atoms with van der Waals surface area (Å²) in [5, 5.41) is 16.1. The summed E-state index contributed by atoms with van der Waals surface area (Å²) in [6, 6.07) is 10.2. The van der Waals surface area contributed by atoms with Gasteiger partial charge in [-0.15, -0.1) is 5.10 Å². The highest BCUT2D eigenvalue weighted by Crippen LogP contribution is 2.21. The molecule has 3 aromatic rings. The molecular weight excluding hydrogens is 441 g/mol. The summed E-state index contributed by atoms with van der Waals surface area (Å²) in [5.41, 5.74) is 0.922. The molecule has 2 aromatic carbocycles. The van der Waals surface area contributed by atoms with Crippen molar-refractivity contribution in [1.29, 1.82) is 0 Å². The van der Waals surface area contributed by atoms with Crippen molar-refractivity contribution in [3.05, 3.63) is 54.6 Å². The van der Waals surface area contributed by atoms with Gasteiger partial charge in [0, 0.05) is 18.8 Å². The van der Waals surface area contributed by atoms with Crippen LogP contribution in [0.5, 0.6) is 0 Å². The van der Waals surface area contributed by atoms with Gasteiger partial charge in [0.05, 0.1) is 36.0 Å². The smallest absolute Gasteiger partial charge is 0.243 e. The minimum atomic E-state index is -3.69. The second-order valence-electron chi connectivity index (χ2n) is 6.86. The van der Waals surface area contributed by atoms with Crippen LogP contribution in [0.1, 0.15) is 0 Å². The number of nitrogens with zero attached hydrogens (tertiary/aromatic N) is 5. The van der Waals surface area contributed by atoms with Gasteiger partial charge < -0.3 is 15.4 Å². The van der Waals surface area contributed by atoms with Crippen LogP contribution < -0.4 is 10.6 Å². The molecule has 1 amide bonds. The van der Waals surface area contributed by atoms with Crippen LogP contribution in [0, 0.1) is 5.82 Å². The predicted octanol–water partition coefficient (Wildman–Crippen LogP) is 0.873. The van der Waals surface area contributed by atoms with Gasteiger partial charge in [-0.3, -0.25) is 4.79 Å². The molecule has 1 aromatic heterocycles. The van der Waals surface area contributed by atoms with Crippen LogP contribution in [-0.4, -0.2) is 71.7 Å². The van der Waals surface area contributed by atoms with E-state index in [1.807, 2.05) is 0 Å². The summed E-state index contributed by atoms with van der Waals surface area (Å²) in [6.07, 6.45) is 1.36. The van der Waals surface area contributed by atoms with Gasteiger partial charge >= 0.3 is 0 Å². The zero-order valence-electron chi connectivity index (χ0n) is 16.8. The van der Waals surface area contributed by atoms with Crippen LogP contribution in [0.2, 0.25) is 0 Å². The lowest BCUT2D eigenvalue weighted by atomic mass is 10.2. The van der Waals surface area contributed by atoms with E-state index in [9.17, 15) is 17.6 Å². The molecule has 168 valence electrons. The number of hydrogen-bond acceptors (Lipinski definition) is 8. The Morgan fingerprint density at radius 2 is 1.97 bits per heavy atom. The van der Waals surface area contributed by atoms with Crippen molar-refractivity contribution in [2.75, 3.05) is 43.5 Å². The number of tetrazole rings is 1. The van der Waals surface area contributed by atoms with E-state index in [1.165, 1.54) is 45.6 Å². The Balaban J connectivity index is 1.41. The number of benzene rings is 2. The standard InChI is InChI=1S/C19H20FN7O4S/c20-17-5-4-15(27-13-22-24-25-27)11-18(17)21-12-19(28)23-14-2-1-3-16(10-14)32(29,30)26-6-8-31-9-7-26/h1-5,10-11,13,21H,6-9,12H2,(H,23,28). The van der Waals surface area contributed by atoms with Crippen molar-refractivity contribution >= 4 is 27.3 Å². The molecule has 0 radical (unpaired) electrons. The van der Waals surface area contributed by atoms with Crippen LogP contribution in [0.15, 0.2) is 53.7 Å². The largest absolute Gasteiger partial charge is 0.379 e. The molecule has 2 heterocycles. The number of aromatic nitrogens is 4. The zero-order chi connectivity index (χ0) is 22.6. The molecule has 1 fully saturated rings. The molecule has 13 heteroatoms. The number of morpholine rings is 1. The number of nitrogens with one attached hydrogen (secondary N) is 2. The molecule has 1 aliphatic rings. The van der Waals surface area contributed by atoms with Crippen molar-refractivity contribution in [2.45, 2.75) is 4.90 Å². The lowest BCUT2D eigenvalue weighted by Gasteiger charge is -2.26. The third-order valence-electron chi connectivity index (χ3n) is 4.73. The molecule has 0 unspecified atom stereocenters. The first-order valence-corrected chi connectivity index (χ1v) is 11.1. The summed E-state index contributed by atoms with van der Waals surface area (Å²) in [6.45, 7) is 0.992. The van der Waals surface area contributed by atoms with Crippen LogP contribution >= 0.6 is 0 Å². The summed E-state index contributed by atoms with van der Waals surface area (Å²) < 4.78 is 47.6. The monoisotopic (exact) mass is 461 g/mol. The maximum Gasteiger partial charge on any atom is 0.243 e. The fraction of sp³-hybridized carbons (Fsp3) is 0.263. The van der Waals surface area contributed by atoms with Gasteiger partial charge in [-0.25, -0.2) is 17.5 Å². The van der Waals surface area contributed by atoms with Crippen molar-refractivity contribution in [2.24, 2.45) is 0 Å². The first kappa shape index (κ1) is 21.8. The Morgan fingerprint density at radius 3 is 2.72 bits per heavy atom. The lowest BCUT2D eigenvalue weighted by Crippen LogP contribution is -2.40. The molecule has 0 atom stereocenters. The highest BCUT2D eigenvalue weighted by atomic mass is 32.2. The number of carbonyl (C=O) groups excluding carboxylic acids is 1. The van der Waals surface area contributed by atoms with Crippen molar-refractivity contribution < 1.29 is 22.3 Å². The van der Waals surface area contributed by atoms with E-state index >= 15 is 0 Å². The van der Waals surface area contributed by atoms with Gasteiger partial charge in [0.25, 0.3) is 0 Å². The molecular formula is C19H20FN7O4S. The van der Waals surface area contributed by atoms with E-state index in [-0.39, 0.29) is 30.2 Å². The van der Waals surface area contributed by atoms with Gasteiger partial charge in [-0.05, 0) is 46.8 Å². The van der Waals surface area contributed by atoms with Gasteiger partial charge in [-0.1, -0.05) is 6.07 Å². The van der Waals surface area contributed by atoms with Gasteiger partial charge in [0.2, 0.25) is 15.9 Å². The Kier molecular flexibility index (Phi) is 6.39. The number of rotatable bonds is 7. The van der Waals surface area contributed by atoms with Crippen molar-refractivity contribution in [1.82, 2.24) is 24.5 Å². The number of sulfonamides is 1. The number of halogens is 1. The van der Waals surface area contributed by atoms with E-state index in [4.69, 9.17) is 4.74 Å². The summed E-state index contributed by atoms with van der Waals surface area (Å²) in [5.74, 6) is -1.02. The number of carbonyl (C=O) groups is 1. The number of anilines is 2. The lowest BCUT2D eigenvalue weighted by molar-refractivity contribution is -0.114. The third-order valence-corrected chi connectivity index (χ3v) is 6.62. The fourth-order valence-electron chi connectivity index (χ4n) is 3.12. The molecule has 11 nitrogen and oxygen atoms in total. The molecule has 0 spiro atoms. The predicted molar refractivity (Wildman–Crippen MR) is 112 cm³/mol. The van der Waals surface area contributed by atoms with Crippen molar-refractivity contribution in [3.8, 4) is 5.69 Å². The van der Waals surface area contributed by atoms with Gasteiger partial charge in [-0.2, -0.15) is 4.31 Å². The van der Waals surface area contributed by atoms with E-state index in [1.54, 1.807) is 12.1 Å². The number of amides is 1. The van der Waals surface area contributed by atoms with Crippen LogP contribution in [0.4, 0.5) is 15.8 Å². The molecule has 0 bridgehead atoms. The first-order chi connectivity index (χ1) is 15.4. The Hall–Kier alpha value is -3.42. The molecule has 1 aliphatic heterocycles. The summed E-state index contributed by atoms with van der Waals surface area (Å²) >= 11 is 0. The Morgan fingerprint density at radius 1 is 1.16 bits per heavy atom. The summed E-state index contributed by atoms with van der Waals surface area (Å²) in [4.78, 5) is 12.4. The second-order valence-corrected chi connectivity index (χ2v) is 8.80. The normalized spacial score (nSPS) is 14.8. The van der Waals surface area contributed by atoms with Crippen LogP contribution in [0.3, 0.4) is 0 Å². The van der Waals surface area contributed by atoms with Gasteiger partial charge in [0.15, 0.2) is 0 Å². The minimum Gasteiger partial charge on any atom is -0.379 e. The molecule has 0 aliphatic carbocycles. The van der Waals surface area contributed by atoms with E-state index in [0.717, 1.165) is 0 Å². The average Bonchev–Trinajstić information content (AvgIpc) is 3.34. The molecule has 4 rings (SSSR count). The van der Waals surface area contributed by atoms with E-state index in [2.05, 4.69) is 26.2 Å². The van der Waals surface area contributed by atoms with E-state index < -0.39 is 21.7 Å². The summed E-state index contributed by atoms with van der Waals surface area (Å²) in [7, 11) is -3.69. The number of ether oxygens (including phenoxy) is 1. The topological polar surface area (TPSA) is 131 Å². The zero-order valence-corrected chi connectivity index (χ0v) is 17.6. The molecule has 2 N–H and O–H groups in total. The average molecular weight is 461 g/mol. The van der Waals surface area contributed by atoms with Crippen LogP contribution in [0.25, 0.3) is 5.69 Å². The minimum absolute atomic E-state index is 0.0744. The molecule has 32 heavy (non-hydrogen) atoms. The Bertz CT molecular complexity index is 1200. The molecule has 0 saturated carbocycles. The second kappa shape index (κ2) is 9.38. The fourth-order valence-corrected chi connectivity index (χ4v) is 4.58. The number of hydrogen-bond donors (Lipinski definition) is 2. The van der Waals surface area contributed by atoms with Crippen molar-refractivity contribution in [3.63, 3.8) is 0 Å². The SMILES string of the molecule is O=C(CNc1cc(-n2cnnn2)ccc1F)Nc1cccc(S(=O)(=O)N2CCOCC2)c1. The first-order valence-electron chi connectivity index (χ1n) is 9.68. The van der Waals surface area contributed by atoms with Crippen LogP contribution in [-0.2, 0) is 19.6 Å². The third kappa shape index (κ3) is 4.90. The maximum absolute atomic E-state index is 14.1. The highest BCUT2D eigenvalue weighted by Gasteiger charge is 2.26. The molecule has 1 saturated heterocycles. The Labute approximate surface area is 183 Å². The van der Waals surface area contributed by atoms with Gasteiger partial charge in [0.1, 0.15) is 12.1 Å². The maximum atomic E-state index is 14.1. The quantitative estimate of drug-likeness (QED) is 0.530. The van der Waals surface area contributed by atoms with E-state index in [0.29, 0.717) is 24.6 Å². The highest BCUT2D eigenvalue weighted by molar-refractivity contribution is 7.89.